The Morgan fingerprint density at radius 1 is 1.15 bits per heavy atom. The van der Waals surface area contributed by atoms with Gasteiger partial charge in [0.1, 0.15) is 6.54 Å². The predicted octanol–water partition coefficient (Wildman–Crippen LogP) is 6.10. The third-order valence-corrected chi connectivity index (χ3v) is 5.57. The summed E-state index contributed by atoms with van der Waals surface area (Å²) in [5, 5.41) is 0.729. The Morgan fingerprint density at radius 3 is 2.48 bits per heavy atom. The molecule has 0 aliphatic heterocycles. The van der Waals surface area contributed by atoms with Gasteiger partial charge in [0.15, 0.2) is 0 Å². The fraction of sp³-hybridized carbons (Fsp3) is 0.440. The van der Waals surface area contributed by atoms with Crippen LogP contribution in [0, 0.1) is 5.41 Å². The summed E-state index contributed by atoms with van der Waals surface area (Å²) in [4.78, 5) is 15.8. The molecule has 0 aliphatic rings. The Kier molecular flexibility index (Phi) is 7.17. The van der Waals surface area contributed by atoms with Gasteiger partial charge < -0.3 is 14.0 Å². The van der Waals surface area contributed by atoms with Crippen LogP contribution in [-0.4, -0.2) is 35.4 Å². The Morgan fingerprint density at radius 2 is 1.85 bits per heavy atom. The molecule has 0 N–H and O–H groups in total. The Bertz CT molecular complexity index is 1140. The highest BCUT2D eigenvalue weighted by molar-refractivity contribution is 5.92. The molecule has 0 spiro atoms. The first kappa shape index (κ1) is 24.8. The van der Waals surface area contributed by atoms with E-state index in [9.17, 15) is 18.0 Å². The number of carbonyl (C=O) groups is 1. The van der Waals surface area contributed by atoms with Crippen LogP contribution in [0.2, 0.25) is 0 Å². The van der Waals surface area contributed by atoms with Crippen LogP contribution in [0.5, 0.6) is 0 Å². The van der Waals surface area contributed by atoms with Gasteiger partial charge in [-0.1, -0.05) is 32.0 Å². The number of halogens is 3. The van der Waals surface area contributed by atoms with Gasteiger partial charge in [-0.2, -0.15) is 13.2 Å². The lowest BCUT2D eigenvalue weighted by Crippen LogP contribution is -2.24. The standard InChI is InChI=1S/C25H29F3N2O3/c1-16(32-5)22-19(10-8-12-29-22)23-20(13-24(3,4)15-33-17(2)31)18-9-6-7-11-21(18)30(23)14-25(26,27)28/h6-12,16H,13-15H2,1-5H3. The smallest absolute Gasteiger partial charge is 0.406 e. The van der Waals surface area contributed by atoms with Crippen molar-refractivity contribution >= 4 is 16.9 Å². The molecule has 2 aromatic heterocycles. The number of benzene rings is 1. The number of esters is 1. The molecule has 0 radical (unpaired) electrons. The molecule has 0 aliphatic carbocycles. The Balaban J connectivity index is 2.31. The number of ether oxygens (including phenoxy) is 2. The number of hydrogen-bond donors (Lipinski definition) is 0. The third-order valence-electron chi connectivity index (χ3n) is 5.57. The SMILES string of the molecule is COC(C)c1ncccc1-c1c(CC(C)(C)COC(C)=O)c2ccccc2n1CC(F)(F)F. The van der Waals surface area contributed by atoms with Gasteiger partial charge in [-0.3, -0.25) is 9.78 Å². The van der Waals surface area contributed by atoms with Gasteiger partial charge in [-0.15, -0.1) is 0 Å². The van der Waals surface area contributed by atoms with Gasteiger partial charge >= 0.3 is 12.1 Å². The molecule has 178 valence electrons. The number of hydrogen-bond acceptors (Lipinski definition) is 4. The van der Waals surface area contributed by atoms with Crippen LogP contribution in [0.3, 0.4) is 0 Å². The molecule has 5 nitrogen and oxygen atoms in total. The summed E-state index contributed by atoms with van der Waals surface area (Å²) in [5.74, 6) is -0.397. The molecule has 2 heterocycles. The molecule has 0 saturated heterocycles. The molecule has 1 unspecified atom stereocenters. The minimum atomic E-state index is -4.42. The summed E-state index contributed by atoms with van der Waals surface area (Å²) < 4.78 is 53.2. The normalized spacial score (nSPS) is 13.3. The molecular weight excluding hydrogens is 433 g/mol. The average molecular weight is 463 g/mol. The van der Waals surface area contributed by atoms with Crippen molar-refractivity contribution in [2.45, 2.75) is 52.9 Å². The fourth-order valence-electron chi connectivity index (χ4n) is 4.09. The minimum Gasteiger partial charge on any atom is -0.465 e. The number of para-hydroxylation sites is 1. The zero-order valence-electron chi connectivity index (χ0n) is 19.5. The maximum atomic E-state index is 13.7. The molecule has 3 aromatic rings. The number of aromatic nitrogens is 2. The van der Waals surface area contributed by atoms with Crippen molar-refractivity contribution in [1.82, 2.24) is 9.55 Å². The quantitative estimate of drug-likeness (QED) is 0.379. The van der Waals surface area contributed by atoms with Gasteiger partial charge in [0.25, 0.3) is 0 Å². The van der Waals surface area contributed by atoms with Crippen molar-refractivity contribution < 1.29 is 27.4 Å². The average Bonchev–Trinajstić information content (AvgIpc) is 3.03. The number of alkyl halides is 3. The minimum absolute atomic E-state index is 0.148. The van der Waals surface area contributed by atoms with Crippen molar-refractivity contribution in [3.05, 3.63) is 53.9 Å². The first-order chi connectivity index (χ1) is 15.4. The van der Waals surface area contributed by atoms with Gasteiger partial charge in [0.2, 0.25) is 0 Å². The number of nitrogens with zero attached hydrogens (tertiary/aromatic N) is 2. The largest absolute Gasteiger partial charge is 0.465 e. The van der Waals surface area contributed by atoms with Crippen LogP contribution < -0.4 is 0 Å². The van der Waals surface area contributed by atoms with Crippen molar-refractivity contribution in [2.75, 3.05) is 13.7 Å². The van der Waals surface area contributed by atoms with Crippen LogP contribution in [0.1, 0.15) is 45.1 Å². The van der Waals surface area contributed by atoms with Crippen LogP contribution >= 0.6 is 0 Å². The van der Waals surface area contributed by atoms with E-state index in [0.29, 0.717) is 28.9 Å². The van der Waals surface area contributed by atoms with E-state index in [-0.39, 0.29) is 6.61 Å². The number of fused-ring (bicyclic) bond motifs is 1. The lowest BCUT2D eigenvalue weighted by atomic mass is 9.84. The van der Waals surface area contributed by atoms with Crippen LogP contribution in [0.4, 0.5) is 13.2 Å². The predicted molar refractivity (Wildman–Crippen MR) is 121 cm³/mol. The number of rotatable bonds is 8. The van der Waals surface area contributed by atoms with E-state index in [1.165, 1.54) is 18.6 Å². The molecule has 3 rings (SSSR count). The summed E-state index contributed by atoms with van der Waals surface area (Å²) in [5.41, 5.74) is 2.34. The first-order valence-electron chi connectivity index (χ1n) is 10.7. The maximum absolute atomic E-state index is 13.7. The lowest BCUT2D eigenvalue weighted by Gasteiger charge is -2.25. The van der Waals surface area contributed by atoms with Crippen LogP contribution in [0.25, 0.3) is 22.2 Å². The van der Waals surface area contributed by atoms with Crippen LogP contribution in [0.15, 0.2) is 42.6 Å². The topological polar surface area (TPSA) is 53.4 Å². The van der Waals surface area contributed by atoms with E-state index in [0.717, 1.165) is 10.9 Å². The highest BCUT2D eigenvalue weighted by Crippen LogP contribution is 2.41. The van der Waals surface area contributed by atoms with Gasteiger partial charge in [-0.05, 0) is 37.1 Å². The second-order valence-corrected chi connectivity index (χ2v) is 8.98. The Labute approximate surface area is 191 Å². The summed E-state index contributed by atoms with van der Waals surface area (Å²) in [6.07, 6.45) is -2.83. The maximum Gasteiger partial charge on any atom is 0.406 e. The van der Waals surface area contributed by atoms with Gasteiger partial charge in [-0.25, -0.2) is 0 Å². The number of pyridine rings is 1. The molecular formula is C25H29F3N2O3. The fourth-order valence-corrected chi connectivity index (χ4v) is 4.09. The molecule has 33 heavy (non-hydrogen) atoms. The van der Waals surface area contributed by atoms with Gasteiger partial charge in [0.05, 0.1) is 24.1 Å². The highest BCUT2D eigenvalue weighted by Gasteiger charge is 2.34. The number of carbonyl (C=O) groups excluding carboxylic acids is 1. The first-order valence-corrected chi connectivity index (χ1v) is 10.7. The van der Waals surface area contributed by atoms with E-state index in [1.54, 1.807) is 30.5 Å². The van der Waals surface area contributed by atoms with Crippen molar-refractivity contribution in [1.29, 1.82) is 0 Å². The second kappa shape index (κ2) is 9.55. The monoisotopic (exact) mass is 462 g/mol. The van der Waals surface area contributed by atoms with Gasteiger partial charge in [0, 0.05) is 42.1 Å². The van der Waals surface area contributed by atoms with Crippen molar-refractivity contribution in [3.8, 4) is 11.3 Å². The molecule has 0 bridgehead atoms. The second-order valence-electron chi connectivity index (χ2n) is 8.98. The highest BCUT2D eigenvalue weighted by atomic mass is 19.4. The van der Waals surface area contributed by atoms with Crippen molar-refractivity contribution in [2.24, 2.45) is 5.41 Å². The summed E-state index contributed by atoms with van der Waals surface area (Å²) in [6.45, 7) is 6.02. The Hall–Kier alpha value is -2.87. The van der Waals surface area contributed by atoms with E-state index >= 15 is 0 Å². The molecule has 1 aromatic carbocycles. The van der Waals surface area contributed by atoms with E-state index in [4.69, 9.17) is 9.47 Å². The molecule has 0 fully saturated rings. The molecule has 0 saturated carbocycles. The van der Waals surface area contributed by atoms with Crippen LogP contribution in [-0.2, 0) is 27.2 Å². The summed E-state index contributed by atoms with van der Waals surface area (Å²) in [7, 11) is 1.54. The zero-order chi connectivity index (χ0) is 24.4. The van der Waals surface area contributed by atoms with Crippen molar-refractivity contribution in [3.63, 3.8) is 0 Å². The molecule has 1 atom stereocenters. The zero-order valence-corrected chi connectivity index (χ0v) is 19.5. The summed E-state index contributed by atoms with van der Waals surface area (Å²) >= 11 is 0. The third kappa shape index (κ3) is 5.74. The lowest BCUT2D eigenvalue weighted by molar-refractivity contribution is -0.144. The summed E-state index contributed by atoms with van der Waals surface area (Å²) in [6, 6.07) is 10.6. The molecule has 0 amide bonds. The molecule has 8 heteroatoms. The van der Waals surface area contributed by atoms with E-state index < -0.39 is 30.2 Å². The van der Waals surface area contributed by atoms with E-state index in [2.05, 4.69) is 4.98 Å². The number of methoxy groups -OCH3 is 1. The van der Waals surface area contributed by atoms with E-state index in [1.807, 2.05) is 32.9 Å².